The van der Waals surface area contributed by atoms with Gasteiger partial charge in [0, 0.05) is 18.7 Å². The Morgan fingerprint density at radius 2 is 2.07 bits per heavy atom. The lowest BCUT2D eigenvalue weighted by atomic mass is 10.1. The molecule has 7 heteroatoms. The minimum atomic E-state index is -0.142. The number of fused-ring (bicyclic) bond motifs is 1. The van der Waals surface area contributed by atoms with Crippen molar-refractivity contribution in [3.63, 3.8) is 0 Å². The molecule has 1 aliphatic rings. The standard InChI is InChI=1S/C21H24N4O3/c1-2-28-18-13-14(21(27)24-25-11-4-3-5-12-25)9-10-15(18)20-22-16-7-6-8-17(26)19(16)23-20/h6-10,13,26H,2-5,11-12H2,1H3,(H,22,23)(H,24,27). The summed E-state index contributed by atoms with van der Waals surface area (Å²) in [5, 5.41) is 12.0. The van der Waals surface area contributed by atoms with E-state index in [0.717, 1.165) is 37.0 Å². The van der Waals surface area contributed by atoms with Gasteiger partial charge in [-0.2, -0.15) is 0 Å². The Morgan fingerprint density at radius 1 is 1.25 bits per heavy atom. The molecule has 0 spiro atoms. The van der Waals surface area contributed by atoms with Gasteiger partial charge < -0.3 is 14.8 Å². The normalized spacial score (nSPS) is 14.9. The summed E-state index contributed by atoms with van der Waals surface area (Å²) in [7, 11) is 0. The molecule has 2 heterocycles. The van der Waals surface area contributed by atoms with Crippen LogP contribution in [0, 0.1) is 0 Å². The van der Waals surface area contributed by atoms with Crippen LogP contribution >= 0.6 is 0 Å². The van der Waals surface area contributed by atoms with Gasteiger partial charge in [0.2, 0.25) is 0 Å². The van der Waals surface area contributed by atoms with Gasteiger partial charge in [-0.15, -0.1) is 0 Å². The summed E-state index contributed by atoms with van der Waals surface area (Å²) in [6.45, 7) is 4.12. The molecular weight excluding hydrogens is 356 g/mol. The van der Waals surface area contributed by atoms with Gasteiger partial charge in [-0.1, -0.05) is 12.5 Å². The number of nitrogens with zero attached hydrogens (tertiary/aromatic N) is 2. The smallest absolute Gasteiger partial charge is 0.265 e. The number of amides is 1. The van der Waals surface area contributed by atoms with E-state index in [0.29, 0.717) is 29.3 Å². The molecule has 28 heavy (non-hydrogen) atoms. The number of phenols is 1. The number of aromatic nitrogens is 2. The van der Waals surface area contributed by atoms with Crippen LogP contribution in [0.2, 0.25) is 0 Å². The number of piperidine rings is 1. The second-order valence-corrected chi connectivity index (χ2v) is 6.89. The molecule has 0 bridgehead atoms. The summed E-state index contributed by atoms with van der Waals surface area (Å²) in [5.41, 5.74) is 5.50. The molecular formula is C21H24N4O3. The zero-order valence-corrected chi connectivity index (χ0v) is 15.9. The van der Waals surface area contributed by atoms with Crippen LogP contribution in [0.15, 0.2) is 36.4 Å². The average Bonchev–Trinajstić information content (AvgIpc) is 3.14. The highest BCUT2D eigenvalue weighted by molar-refractivity contribution is 5.95. The minimum Gasteiger partial charge on any atom is -0.506 e. The monoisotopic (exact) mass is 380 g/mol. The predicted molar refractivity (Wildman–Crippen MR) is 107 cm³/mol. The number of phenolic OH excluding ortho intramolecular Hbond substituents is 1. The largest absolute Gasteiger partial charge is 0.506 e. The summed E-state index contributed by atoms with van der Waals surface area (Å²) in [6, 6.07) is 10.5. The molecule has 0 aliphatic carbocycles. The van der Waals surface area contributed by atoms with E-state index in [1.807, 2.05) is 24.1 Å². The molecule has 3 N–H and O–H groups in total. The van der Waals surface area contributed by atoms with Crippen molar-refractivity contribution in [1.29, 1.82) is 0 Å². The number of benzene rings is 2. The number of carbonyl (C=O) groups excluding carboxylic acids is 1. The Labute approximate surface area is 163 Å². The number of ether oxygens (including phenoxy) is 1. The van der Waals surface area contributed by atoms with Crippen molar-refractivity contribution in [3.05, 3.63) is 42.0 Å². The van der Waals surface area contributed by atoms with E-state index in [1.54, 1.807) is 24.3 Å². The van der Waals surface area contributed by atoms with Gasteiger partial charge in [-0.05, 0) is 50.1 Å². The highest BCUT2D eigenvalue weighted by Crippen LogP contribution is 2.32. The van der Waals surface area contributed by atoms with E-state index in [4.69, 9.17) is 4.74 Å². The molecule has 0 radical (unpaired) electrons. The fourth-order valence-electron chi connectivity index (χ4n) is 3.49. The molecule has 0 saturated carbocycles. The molecule has 1 saturated heterocycles. The quantitative estimate of drug-likeness (QED) is 0.631. The predicted octanol–water partition coefficient (Wildman–Crippen LogP) is 3.46. The van der Waals surface area contributed by atoms with E-state index in [1.165, 1.54) is 6.42 Å². The Bertz CT molecular complexity index is 992. The fraction of sp³-hybridized carbons (Fsp3) is 0.333. The molecule has 2 aromatic carbocycles. The Morgan fingerprint density at radius 3 is 2.82 bits per heavy atom. The number of hydrogen-bond donors (Lipinski definition) is 3. The third kappa shape index (κ3) is 3.66. The van der Waals surface area contributed by atoms with E-state index in [-0.39, 0.29) is 11.7 Å². The first-order valence-electron chi connectivity index (χ1n) is 9.66. The van der Waals surface area contributed by atoms with Crippen LogP contribution in [0.5, 0.6) is 11.5 Å². The lowest BCUT2D eigenvalue weighted by molar-refractivity contribution is 0.0749. The third-order valence-electron chi connectivity index (χ3n) is 4.91. The first-order valence-corrected chi connectivity index (χ1v) is 9.66. The number of para-hydroxylation sites is 1. The molecule has 1 aromatic heterocycles. The van der Waals surface area contributed by atoms with Crippen molar-refractivity contribution < 1.29 is 14.6 Å². The second kappa shape index (κ2) is 7.90. The number of aromatic hydroxyl groups is 1. The summed E-state index contributed by atoms with van der Waals surface area (Å²) < 4.78 is 5.78. The summed E-state index contributed by atoms with van der Waals surface area (Å²) >= 11 is 0. The first-order chi connectivity index (χ1) is 13.7. The summed E-state index contributed by atoms with van der Waals surface area (Å²) in [4.78, 5) is 20.3. The molecule has 1 amide bonds. The van der Waals surface area contributed by atoms with Crippen molar-refractivity contribution in [2.45, 2.75) is 26.2 Å². The number of H-pyrrole nitrogens is 1. The minimum absolute atomic E-state index is 0.121. The lowest BCUT2D eigenvalue weighted by Crippen LogP contribution is -2.45. The Hall–Kier alpha value is -3.06. The highest BCUT2D eigenvalue weighted by atomic mass is 16.5. The molecule has 3 aromatic rings. The van der Waals surface area contributed by atoms with Crippen LogP contribution < -0.4 is 10.2 Å². The summed E-state index contributed by atoms with van der Waals surface area (Å²) in [5.74, 6) is 1.14. The molecule has 0 atom stereocenters. The maximum atomic E-state index is 12.6. The first kappa shape index (κ1) is 18.3. The van der Waals surface area contributed by atoms with Crippen LogP contribution in [-0.4, -0.2) is 45.7 Å². The average molecular weight is 380 g/mol. The van der Waals surface area contributed by atoms with E-state index in [2.05, 4.69) is 15.4 Å². The zero-order chi connectivity index (χ0) is 19.5. The van der Waals surface area contributed by atoms with E-state index in [9.17, 15) is 9.90 Å². The fourth-order valence-corrected chi connectivity index (χ4v) is 3.49. The van der Waals surface area contributed by atoms with Crippen LogP contribution in [0.4, 0.5) is 0 Å². The van der Waals surface area contributed by atoms with Crippen molar-refractivity contribution in [2.75, 3.05) is 19.7 Å². The van der Waals surface area contributed by atoms with Crippen molar-refractivity contribution >= 4 is 16.9 Å². The molecule has 1 fully saturated rings. The van der Waals surface area contributed by atoms with Gasteiger partial charge in [0.05, 0.1) is 17.7 Å². The number of nitrogens with one attached hydrogen (secondary N) is 2. The number of hydrazine groups is 1. The van der Waals surface area contributed by atoms with Gasteiger partial charge in [-0.3, -0.25) is 10.2 Å². The highest BCUT2D eigenvalue weighted by Gasteiger charge is 2.18. The maximum Gasteiger partial charge on any atom is 0.265 e. The Balaban J connectivity index is 1.64. The molecule has 0 unspecified atom stereocenters. The number of carbonyl (C=O) groups is 1. The number of aromatic amines is 1. The number of hydrogen-bond acceptors (Lipinski definition) is 5. The van der Waals surface area contributed by atoms with Crippen molar-refractivity contribution in [3.8, 4) is 22.9 Å². The summed E-state index contributed by atoms with van der Waals surface area (Å²) in [6.07, 6.45) is 3.41. The van der Waals surface area contributed by atoms with Gasteiger partial charge >= 0.3 is 0 Å². The number of imidazole rings is 1. The second-order valence-electron chi connectivity index (χ2n) is 6.89. The maximum absolute atomic E-state index is 12.6. The van der Waals surface area contributed by atoms with Crippen LogP contribution in [0.1, 0.15) is 36.5 Å². The lowest BCUT2D eigenvalue weighted by Gasteiger charge is -2.26. The SMILES string of the molecule is CCOc1cc(C(=O)NN2CCCCC2)ccc1-c1nc2c(O)cccc2[nH]1. The molecule has 1 aliphatic heterocycles. The van der Waals surface area contributed by atoms with Crippen molar-refractivity contribution in [1.82, 2.24) is 20.4 Å². The van der Waals surface area contributed by atoms with Crippen molar-refractivity contribution in [2.24, 2.45) is 0 Å². The Kier molecular flexibility index (Phi) is 5.16. The van der Waals surface area contributed by atoms with Crippen LogP contribution in [-0.2, 0) is 0 Å². The molecule has 7 nitrogen and oxygen atoms in total. The number of rotatable bonds is 5. The van der Waals surface area contributed by atoms with Gasteiger partial charge in [-0.25, -0.2) is 9.99 Å². The van der Waals surface area contributed by atoms with E-state index < -0.39 is 0 Å². The molecule has 146 valence electrons. The van der Waals surface area contributed by atoms with E-state index >= 15 is 0 Å². The topological polar surface area (TPSA) is 90.5 Å². The zero-order valence-electron chi connectivity index (χ0n) is 15.9. The third-order valence-corrected chi connectivity index (χ3v) is 4.91. The van der Waals surface area contributed by atoms with Crippen LogP contribution in [0.3, 0.4) is 0 Å². The van der Waals surface area contributed by atoms with Crippen LogP contribution in [0.25, 0.3) is 22.4 Å². The van der Waals surface area contributed by atoms with Gasteiger partial charge in [0.25, 0.3) is 5.91 Å². The van der Waals surface area contributed by atoms with Gasteiger partial charge in [0.1, 0.15) is 22.8 Å². The van der Waals surface area contributed by atoms with Gasteiger partial charge in [0.15, 0.2) is 0 Å². The molecule has 4 rings (SSSR count).